The molecule has 25 heavy (non-hydrogen) atoms. The van der Waals surface area contributed by atoms with Gasteiger partial charge in [0.05, 0.1) is 0 Å². The van der Waals surface area contributed by atoms with E-state index in [1.807, 2.05) is 0 Å². The molecule has 2 aliphatic rings. The molecular formula is C18H17N3O4. The highest BCUT2D eigenvalue weighted by atomic mass is 16.7. The lowest BCUT2D eigenvalue weighted by Crippen LogP contribution is -2.43. The first kappa shape index (κ1) is 15.4. The minimum Gasteiger partial charge on any atom is -0.454 e. The summed E-state index contributed by atoms with van der Waals surface area (Å²) in [6.07, 6.45) is 3.03. The molecule has 1 atom stereocenters. The molecule has 0 aliphatic carbocycles. The summed E-state index contributed by atoms with van der Waals surface area (Å²) in [5.74, 6) is 1.26. The summed E-state index contributed by atoms with van der Waals surface area (Å²) in [5.41, 5.74) is 0.488. The van der Waals surface area contributed by atoms with Crippen molar-refractivity contribution in [3.63, 3.8) is 0 Å². The summed E-state index contributed by atoms with van der Waals surface area (Å²) in [7, 11) is 0. The molecule has 1 unspecified atom stereocenters. The van der Waals surface area contributed by atoms with Crippen molar-refractivity contribution >= 4 is 17.6 Å². The zero-order chi connectivity index (χ0) is 17.2. The number of pyridine rings is 1. The van der Waals surface area contributed by atoms with E-state index in [9.17, 15) is 9.59 Å². The van der Waals surface area contributed by atoms with Gasteiger partial charge in [-0.05, 0) is 43.2 Å². The fourth-order valence-electron chi connectivity index (χ4n) is 3.12. The molecule has 128 valence electrons. The topological polar surface area (TPSA) is 80.8 Å². The number of hydrogen-bond donors (Lipinski definition) is 1. The van der Waals surface area contributed by atoms with E-state index in [1.165, 1.54) is 0 Å². The molecule has 1 aromatic carbocycles. The van der Waals surface area contributed by atoms with Gasteiger partial charge in [0.2, 0.25) is 12.7 Å². The predicted octanol–water partition coefficient (Wildman–Crippen LogP) is 2.05. The number of hydrogen-bond acceptors (Lipinski definition) is 5. The summed E-state index contributed by atoms with van der Waals surface area (Å²) in [5, 5.41) is 2.77. The highest BCUT2D eigenvalue weighted by molar-refractivity contribution is 6.01. The quantitative estimate of drug-likeness (QED) is 0.926. The minimum atomic E-state index is -0.500. The Hall–Kier alpha value is -3.09. The van der Waals surface area contributed by atoms with Crippen LogP contribution in [0.4, 0.5) is 5.82 Å². The Balaban J connectivity index is 1.51. The van der Waals surface area contributed by atoms with Crippen molar-refractivity contribution in [1.29, 1.82) is 0 Å². The van der Waals surface area contributed by atoms with Gasteiger partial charge in [-0.25, -0.2) is 4.98 Å². The van der Waals surface area contributed by atoms with Gasteiger partial charge in [-0.15, -0.1) is 0 Å². The first-order chi connectivity index (χ1) is 12.2. The fourth-order valence-corrected chi connectivity index (χ4v) is 3.12. The van der Waals surface area contributed by atoms with Crippen molar-refractivity contribution in [1.82, 2.24) is 9.88 Å². The van der Waals surface area contributed by atoms with Gasteiger partial charge in [0.25, 0.3) is 5.91 Å². The highest BCUT2D eigenvalue weighted by Gasteiger charge is 2.35. The van der Waals surface area contributed by atoms with E-state index in [2.05, 4.69) is 10.3 Å². The molecule has 0 saturated carbocycles. The minimum absolute atomic E-state index is 0.159. The van der Waals surface area contributed by atoms with Gasteiger partial charge < -0.3 is 19.7 Å². The Morgan fingerprint density at radius 3 is 2.88 bits per heavy atom. The van der Waals surface area contributed by atoms with Crippen LogP contribution in [-0.2, 0) is 4.79 Å². The number of nitrogens with one attached hydrogen (secondary N) is 1. The number of anilines is 1. The molecule has 0 bridgehead atoms. The van der Waals surface area contributed by atoms with E-state index in [0.29, 0.717) is 35.8 Å². The largest absolute Gasteiger partial charge is 0.454 e. The number of aromatic nitrogens is 1. The van der Waals surface area contributed by atoms with Crippen LogP contribution in [-0.4, -0.2) is 41.1 Å². The van der Waals surface area contributed by atoms with Crippen molar-refractivity contribution in [3.05, 3.63) is 48.2 Å². The van der Waals surface area contributed by atoms with E-state index in [0.717, 1.165) is 6.42 Å². The van der Waals surface area contributed by atoms with Crippen molar-refractivity contribution in [2.24, 2.45) is 0 Å². The molecular weight excluding hydrogens is 322 g/mol. The number of carbonyl (C=O) groups is 2. The number of rotatable bonds is 3. The molecule has 2 aromatic rings. The molecule has 1 fully saturated rings. The molecule has 1 N–H and O–H groups in total. The summed E-state index contributed by atoms with van der Waals surface area (Å²) in [4.78, 5) is 31.1. The number of fused-ring (bicyclic) bond motifs is 1. The lowest BCUT2D eigenvalue weighted by molar-refractivity contribution is -0.119. The molecule has 1 aromatic heterocycles. The molecule has 1 saturated heterocycles. The third-order valence-corrected chi connectivity index (χ3v) is 4.35. The van der Waals surface area contributed by atoms with E-state index < -0.39 is 6.04 Å². The second kappa shape index (κ2) is 6.43. The van der Waals surface area contributed by atoms with Gasteiger partial charge in [0.15, 0.2) is 11.5 Å². The Kier molecular flexibility index (Phi) is 3.97. The van der Waals surface area contributed by atoms with Gasteiger partial charge in [0, 0.05) is 18.3 Å². The third-order valence-electron chi connectivity index (χ3n) is 4.35. The number of nitrogens with zero attached hydrogens (tertiary/aromatic N) is 2. The standard InChI is InChI=1S/C18H17N3O4/c22-17(20-16-5-1-2-8-19-16)13-4-3-9-21(13)18(23)12-6-7-14-15(10-12)25-11-24-14/h1-2,5-8,10,13H,3-4,9,11H2,(H,19,20,22). The second-order valence-electron chi connectivity index (χ2n) is 5.93. The van der Waals surface area contributed by atoms with Gasteiger partial charge in [-0.1, -0.05) is 6.07 Å². The number of carbonyl (C=O) groups excluding carboxylic acids is 2. The Morgan fingerprint density at radius 1 is 1.16 bits per heavy atom. The molecule has 7 nitrogen and oxygen atoms in total. The first-order valence-electron chi connectivity index (χ1n) is 8.15. The average Bonchev–Trinajstić information content (AvgIpc) is 3.30. The Morgan fingerprint density at radius 2 is 2.04 bits per heavy atom. The van der Waals surface area contributed by atoms with Crippen LogP contribution in [0.25, 0.3) is 0 Å². The van der Waals surface area contributed by atoms with Gasteiger partial charge in [-0.3, -0.25) is 9.59 Å². The van der Waals surface area contributed by atoms with Gasteiger partial charge in [-0.2, -0.15) is 0 Å². The van der Waals surface area contributed by atoms with Gasteiger partial charge in [0.1, 0.15) is 11.9 Å². The smallest absolute Gasteiger partial charge is 0.254 e. The monoisotopic (exact) mass is 339 g/mol. The molecule has 4 rings (SSSR count). The molecule has 2 aliphatic heterocycles. The van der Waals surface area contributed by atoms with Crippen LogP contribution in [0.3, 0.4) is 0 Å². The fraction of sp³-hybridized carbons (Fsp3) is 0.278. The lowest BCUT2D eigenvalue weighted by Gasteiger charge is -2.24. The van der Waals surface area contributed by atoms with E-state index in [1.54, 1.807) is 47.5 Å². The van der Waals surface area contributed by atoms with Gasteiger partial charge >= 0.3 is 0 Å². The lowest BCUT2D eigenvalue weighted by atomic mass is 10.1. The summed E-state index contributed by atoms with van der Waals surface area (Å²) in [6.45, 7) is 0.708. The van der Waals surface area contributed by atoms with Crippen LogP contribution in [0.1, 0.15) is 23.2 Å². The van der Waals surface area contributed by atoms with Crippen LogP contribution >= 0.6 is 0 Å². The molecule has 2 amide bonds. The predicted molar refractivity (Wildman–Crippen MR) is 89.5 cm³/mol. The zero-order valence-corrected chi connectivity index (χ0v) is 13.5. The maximum Gasteiger partial charge on any atom is 0.254 e. The molecule has 7 heteroatoms. The number of benzene rings is 1. The summed E-state index contributed by atoms with van der Waals surface area (Å²) < 4.78 is 10.6. The average molecular weight is 339 g/mol. The normalized spacial score (nSPS) is 18.2. The second-order valence-corrected chi connectivity index (χ2v) is 5.93. The van der Waals surface area contributed by atoms with Crippen molar-refractivity contribution in [2.75, 3.05) is 18.7 Å². The molecule has 3 heterocycles. The van der Waals surface area contributed by atoms with Crippen LogP contribution < -0.4 is 14.8 Å². The van der Waals surface area contributed by atoms with E-state index in [-0.39, 0.29) is 18.6 Å². The molecule has 0 spiro atoms. The zero-order valence-electron chi connectivity index (χ0n) is 13.5. The van der Waals surface area contributed by atoms with Crippen LogP contribution in [0.15, 0.2) is 42.6 Å². The maximum atomic E-state index is 12.8. The van der Waals surface area contributed by atoms with E-state index in [4.69, 9.17) is 9.47 Å². The van der Waals surface area contributed by atoms with Crippen LogP contribution in [0.2, 0.25) is 0 Å². The van der Waals surface area contributed by atoms with Crippen LogP contribution in [0, 0.1) is 0 Å². The van der Waals surface area contributed by atoms with E-state index >= 15 is 0 Å². The van der Waals surface area contributed by atoms with Crippen LogP contribution in [0.5, 0.6) is 11.5 Å². The van der Waals surface area contributed by atoms with Crippen molar-refractivity contribution in [3.8, 4) is 11.5 Å². The third kappa shape index (κ3) is 3.00. The first-order valence-corrected chi connectivity index (χ1v) is 8.15. The Bertz CT molecular complexity index is 809. The van der Waals surface area contributed by atoms with Crippen molar-refractivity contribution < 1.29 is 19.1 Å². The number of ether oxygens (including phenoxy) is 2. The maximum absolute atomic E-state index is 12.8. The number of amides is 2. The summed E-state index contributed by atoms with van der Waals surface area (Å²) in [6, 6.07) is 9.87. The Labute approximate surface area is 144 Å². The number of likely N-dealkylation sites (tertiary alicyclic amines) is 1. The SMILES string of the molecule is O=C(Nc1ccccn1)C1CCCN1C(=O)c1ccc2c(c1)OCO2. The summed E-state index contributed by atoms with van der Waals surface area (Å²) >= 11 is 0. The van der Waals surface area contributed by atoms with Crippen molar-refractivity contribution in [2.45, 2.75) is 18.9 Å². The molecule has 0 radical (unpaired) electrons. The highest BCUT2D eigenvalue weighted by Crippen LogP contribution is 2.33.